The molecule has 2 aromatic heterocycles. The number of hydrogen-bond donors (Lipinski definition) is 0. The molecular weight excluding hydrogens is 422 g/mol. The standard InChI is InChI=1S/C13H12ClN4O2.2CH3.Sn.H/c1-2-17(9-10-5-6-12(14)16-8-10)13-11(18(19)20)4-3-7-15-13;;;;/h3-6,8H,2,9H2,1H3;2*1H3;;. The molecule has 2 heterocycles. The molecule has 0 aliphatic heterocycles. The van der Waals surface area contributed by atoms with Crippen LogP contribution >= 0.6 is 11.6 Å². The predicted molar refractivity (Wildman–Crippen MR) is 95.4 cm³/mol. The van der Waals surface area contributed by atoms with E-state index < -0.39 is 19.8 Å². The van der Waals surface area contributed by atoms with Crippen molar-refractivity contribution in [2.45, 2.75) is 23.3 Å². The van der Waals surface area contributed by atoms with Crippen LogP contribution in [0.25, 0.3) is 0 Å². The quantitative estimate of drug-likeness (QED) is 0.298. The van der Waals surface area contributed by atoms with Gasteiger partial charge in [0.1, 0.15) is 0 Å². The first kappa shape index (κ1) is 17.9. The van der Waals surface area contributed by atoms with E-state index in [1.807, 2.05) is 17.9 Å². The second-order valence-electron chi connectivity index (χ2n) is 5.49. The number of aromatic nitrogens is 2. The molecule has 0 radical (unpaired) electrons. The number of nitro groups is 1. The Balaban J connectivity index is 2.40. The van der Waals surface area contributed by atoms with Gasteiger partial charge in [0.05, 0.1) is 0 Å². The zero-order chi connectivity index (χ0) is 17.0. The number of hydrogen-bond acceptors (Lipinski definition) is 5. The van der Waals surface area contributed by atoms with Gasteiger partial charge in [0.25, 0.3) is 0 Å². The van der Waals surface area contributed by atoms with E-state index in [9.17, 15) is 10.1 Å². The molecule has 0 aromatic carbocycles. The third kappa shape index (κ3) is 4.54. The number of rotatable bonds is 6. The van der Waals surface area contributed by atoms with Crippen molar-refractivity contribution in [1.29, 1.82) is 0 Å². The van der Waals surface area contributed by atoms with Crippen LogP contribution in [-0.4, -0.2) is 41.2 Å². The third-order valence-corrected chi connectivity index (χ3v) is 8.03. The van der Waals surface area contributed by atoms with Gasteiger partial charge in [-0.3, -0.25) is 0 Å². The molecule has 6 nitrogen and oxygen atoms in total. The first-order valence-electron chi connectivity index (χ1n) is 7.43. The van der Waals surface area contributed by atoms with Gasteiger partial charge >= 0.3 is 148 Å². The summed E-state index contributed by atoms with van der Waals surface area (Å²) in [5.74, 6) is 0.440. The van der Waals surface area contributed by atoms with E-state index in [0.717, 1.165) is 9.27 Å². The summed E-state index contributed by atoms with van der Waals surface area (Å²) >= 11 is 3.97. The molecule has 2 rings (SSSR count). The Morgan fingerprint density at radius 3 is 2.57 bits per heavy atom. The van der Waals surface area contributed by atoms with Crippen LogP contribution < -0.4 is 8.61 Å². The van der Waals surface area contributed by atoms with E-state index in [4.69, 9.17) is 11.6 Å². The zero-order valence-electron chi connectivity index (χ0n) is 13.4. The number of halogens is 1. The third-order valence-electron chi connectivity index (χ3n) is 3.51. The molecule has 0 aliphatic carbocycles. The topological polar surface area (TPSA) is 72.2 Å². The molecule has 0 fully saturated rings. The van der Waals surface area contributed by atoms with E-state index in [-0.39, 0.29) is 10.6 Å². The summed E-state index contributed by atoms with van der Waals surface area (Å²) in [6.07, 6.45) is 1.68. The second-order valence-corrected chi connectivity index (χ2v) is 14.2. The second kappa shape index (κ2) is 7.92. The first-order valence-corrected chi connectivity index (χ1v) is 16.0. The van der Waals surface area contributed by atoms with Crippen LogP contribution in [0, 0.1) is 10.1 Å². The molecule has 0 saturated heterocycles. The molecular formula is C15H19ClN4O2Sn. The van der Waals surface area contributed by atoms with Crippen molar-refractivity contribution >= 4 is 46.6 Å². The summed E-state index contributed by atoms with van der Waals surface area (Å²) < 4.78 is 1.04. The van der Waals surface area contributed by atoms with Gasteiger partial charge < -0.3 is 0 Å². The number of anilines is 1. The summed E-state index contributed by atoms with van der Waals surface area (Å²) in [4.78, 5) is 26.0. The van der Waals surface area contributed by atoms with E-state index in [1.54, 1.807) is 24.4 Å². The van der Waals surface area contributed by atoms with Crippen molar-refractivity contribution < 1.29 is 4.92 Å². The molecule has 0 N–H and O–H groups in total. The van der Waals surface area contributed by atoms with E-state index >= 15 is 0 Å². The van der Waals surface area contributed by atoms with Crippen molar-refractivity contribution in [2.24, 2.45) is 0 Å². The van der Waals surface area contributed by atoms with Gasteiger partial charge in [0, 0.05) is 0 Å². The summed E-state index contributed by atoms with van der Waals surface area (Å²) in [6, 6.07) is 6.97. The van der Waals surface area contributed by atoms with Gasteiger partial charge in [0.2, 0.25) is 0 Å². The van der Waals surface area contributed by atoms with Gasteiger partial charge in [-0.05, 0) is 0 Å². The number of nitrogens with zero attached hydrogens (tertiary/aromatic N) is 4. The fourth-order valence-electron chi connectivity index (χ4n) is 2.21. The molecule has 0 aliphatic rings. The van der Waals surface area contributed by atoms with Gasteiger partial charge in [0.15, 0.2) is 0 Å². The molecule has 2 aromatic rings. The Morgan fingerprint density at radius 2 is 2.04 bits per heavy atom. The molecule has 0 spiro atoms. The fraction of sp³-hybridized carbons (Fsp3) is 0.333. The fourth-order valence-corrected chi connectivity index (χ4v) is 4.78. The van der Waals surface area contributed by atoms with E-state index in [1.165, 1.54) is 0 Å². The SMILES string of the molecule is CCN(Cc1ccc(Cl)nc1)c1n[c]([SnH]([CH3])[CH3])ccc1[N+](=O)[O-]. The Morgan fingerprint density at radius 1 is 1.30 bits per heavy atom. The molecule has 0 atom stereocenters. The minimum atomic E-state index is -1.83. The molecule has 0 amide bonds. The van der Waals surface area contributed by atoms with Gasteiger partial charge in [-0.2, -0.15) is 0 Å². The van der Waals surface area contributed by atoms with Gasteiger partial charge in [-0.15, -0.1) is 0 Å². The molecule has 8 heteroatoms. The van der Waals surface area contributed by atoms with Crippen LogP contribution in [0.5, 0.6) is 0 Å². The molecule has 0 unspecified atom stereocenters. The maximum atomic E-state index is 11.3. The van der Waals surface area contributed by atoms with Crippen molar-refractivity contribution in [3.8, 4) is 0 Å². The minimum absolute atomic E-state index is 0.0458. The Hall–Kier alpha value is -1.41. The molecule has 0 saturated carbocycles. The summed E-state index contributed by atoms with van der Waals surface area (Å²) in [7, 11) is 0. The van der Waals surface area contributed by atoms with Crippen molar-refractivity contribution in [3.63, 3.8) is 0 Å². The Labute approximate surface area is 147 Å². The maximum absolute atomic E-state index is 11.3. The van der Waals surface area contributed by atoms with Crippen LogP contribution in [0.1, 0.15) is 12.5 Å². The first-order chi connectivity index (χ1) is 10.9. The predicted octanol–water partition coefficient (Wildman–Crippen LogP) is 2.76. The van der Waals surface area contributed by atoms with Gasteiger partial charge in [-0.1, -0.05) is 0 Å². The summed E-state index contributed by atoms with van der Waals surface area (Å²) in [6.45, 7) is 3.08. The summed E-state index contributed by atoms with van der Waals surface area (Å²) in [5, 5.41) is 11.8. The summed E-state index contributed by atoms with van der Waals surface area (Å²) in [5.41, 5.74) is 0.982. The van der Waals surface area contributed by atoms with Crippen molar-refractivity contribution in [2.75, 3.05) is 11.4 Å². The van der Waals surface area contributed by atoms with Crippen molar-refractivity contribution in [1.82, 2.24) is 9.97 Å². The average Bonchev–Trinajstić information content (AvgIpc) is 2.53. The van der Waals surface area contributed by atoms with Crippen LogP contribution in [0.3, 0.4) is 0 Å². The monoisotopic (exact) mass is 442 g/mol. The van der Waals surface area contributed by atoms with Crippen LogP contribution in [0.4, 0.5) is 11.5 Å². The number of pyridine rings is 2. The van der Waals surface area contributed by atoms with E-state index in [2.05, 4.69) is 19.8 Å². The van der Waals surface area contributed by atoms with Crippen LogP contribution in [-0.2, 0) is 6.54 Å². The Kier molecular flexibility index (Phi) is 6.17. The molecule has 23 heavy (non-hydrogen) atoms. The zero-order valence-corrected chi connectivity index (χ0v) is 17.4. The molecule has 0 bridgehead atoms. The van der Waals surface area contributed by atoms with Gasteiger partial charge in [-0.25, -0.2) is 0 Å². The molecule has 122 valence electrons. The van der Waals surface area contributed by atoms with Crippen LogP contribution in [0.2, 0.25) is 15.0 Å². The van der Waals surface area contributed by atoms with E-state index in [0.29, 0.717) is 24.1 Å². The normalized spacial score (nSPS) is 10.8. The van der Waals surface area contributed by atoms with Crippen LogP contribution in [0.15, 0.2) is 30.5 Å². The average molecular weight is 442 g/mol. The Bertz CT molecular complexity index is 694. The van der Waals surface area contributed by atoms with Crippen molar-refractivity contribution in [3.05, 3.63) is 51.3 Å².